The van der Waals surface area contributed by atoms with Gasteiger partial charge < -0.3 is 14.2 Å². The van der Waals surface area contributed by atoms with Crippen LogP contribution in [-0.4, -0.2) is 25.2 Å². The van der Waals surface area contributed by atoms with E-state index in [0.29, 0.717) is 11.3 Å². The van der Waals surface area contributed by atoms with Gasteiger partial charge in [0.2, 0.25) is 0 Å². The van der Waals surface area contributed by atoms with Gasteiger partial charge in [0.15, 0.2) is 0 Å². The van der Waals surface area contributed by atoms with Crippen LogP contribution in [0.15, 0.2) is 77.6 Å². The van der Waals surface area contributed by atoms with Gasteiger partial charge in [-0.05, 0) is 19.4 Å². The fraction of sp³-hybridized carbons (Fsp3) is 0.240. The summed E-state index contributed by atoms with van der Waals surface area (Å²) in [6, 6.07) is 20.5. The summed E-state index contributed by atoms with van der Waals surface area (Å²) < 4.78 is 16.4. The van der Waals surface area contributed by atoms with Crippen molar-refractivity contribution in [2.24, 2.45) is 0 Å². The fourth-order valence-corrected chi connectivity index (χ4v) is 3.48. The van der Waals surface area contributed by atoms with E-state index in [0.717, 1.165) is 5.56 Å². The van der Waals surface area contributed by atoms with E-state index in [1.807, 2.05) is 60.7 Å². The van der Waals surface area contributed by atoms with Crippen LogP contribution in [-0.2, 0) is 23.8 Å². The SMILES string of the molecule is CCOC(=O)CC1=C(C(=O)OCC)[C@@H](c2ccccc2)C(C#N)=C(c2ccccc2)O1. The first-order valence-corrected chi connectivity index (χ1v) is 10.1. The summed E-state index contributed by atoms with van der Waals surface area (Å²) in [7, 11) is 0. The molecule has 0 aliphatic carbocycles. The van der Waals surface area contributed by atoms with Crippen LogP contribution in [0.4, 0.5) is 0 Å². The highest BCUT2D eigenvalue weighted by Gasteiger charge is 2.39. The molecule has 0 unspecified atom stereocenters. The van der Waals surface area contributed by atoms with Crippen molar-refractivity contribution in [1.29, 1.82) is 5.26 Å². The van der Waals surface area contributed by atoms with Crippen molar-refractivity contribution in [2.75, 3.05) is 13.2 Å². The van der Waals surface area contributed by atoms with Gasteiger partial charge in [-0.25, -0.2) is 4.79 Å². The van der Waals surface area contributed by atoms with Gasteiger partial charge in [-0.3, -0.25) is 4.79 Å². The molecule has 0 fully saturated rings. The maximum Gasteiger partial charge on any atom is 0.338 e. The van der Waals surface area contributed by atoms with Gasteiger partial charge in [0.25, 0.3) is 0 Å². The Bertz CT molecular complexity index is 1050. The van der Waals surface area contributed by atoms with Crippen molar-refractivity contribution >= 4 is 17.7 Å². The van der Waals surface area contributed by atoms with Crippen molar-refractivity contribution in [3.63, 3.8) is 0 Å². The van der Waals surface area contributed by atoms with Crippen molar-refractivity contribution in [1.82, 2.24) is 0 Å². The Morgan fingerprint density at radius 3 is 2.16 bits per heavy atom. The van der Waals surface area contributed by atoms with Gasteiger partial charge in [0.1, 0.15) is 17.9 Å². The molecule has 1 atom stereocenters. The largest absolute Gasteiger partial charge is 0.466 e. The topological polar surface area (TPSA) is 85.6 Å². The summed E-state index contributed by atoms with van der Waals surface area (Å²) in [5.41, 5.74) is 1.80. The van der Waals surface area contributed by atoms with E-state index in [4.69, 9.17) is 14.2 Å². The van der Waals surface area contributed by atoms with Gasteiger partial charge in [0.05, 0.1) is 36.3 Å². The maximum absolute atomic E-state index is 13.0. The Balaban J connectivity index is 2.24. The zero-order valence-electron chi connectivity index (χ0n) is 17.5. The first kappa shape index (κ1) is 21.8. The highest BCUT2D eigenvalue weighted by atomic mass is 16.5. The van der Waals surface area contributed by atoms with Gasteiger partial charge in [-0.15, -0.1) is 0 Å². The van der Waals surface area contributed by atoms with E-state index in [1.165, 1.54) is 0 Å². The minimum atomic E-state index is -0.737. The van der Waals surface area contributed by atoms with Crippen LogP contribution in [0.5, 0.6) is 0 Å². The second-order valence-electron chi connectivity index (χ2n) is 6.71. The van der Waals surface area contributed by atoms with E-state index in [9.17, 15) is 14.9 Å². The van der Waals surface area contributed by atoms with E-state index in [1.54, 1.807) is 13.8 Å². The molecule has 0 N–H and O–H groups in total. The lowest BCUT2D eigenvalue weighted by molar-refractivity contribution is -0.142. The molecule has 0 saturated heterocycles. The van der Waals surface area contributed by atoms with Crippen LogP contribution in [0.2, 0.25) is 0 Å². The number of hydrogen-bond acceptors (Lipinski definition) is 6. The van der Waals surface area contributed by atoms with E-state index in [-0.39, 0.29) is 36.5 Å². The molecule has 0 bridgehead atoms. The number of nitriles is 1. The van der Waals surface area contributed by atoms with Gasteiger partial charge >= 0.3 is 11.9 Å². The van der Waals surface area contributed by atoms with Crippen LogP contribution in [0.1, 0.15) is 37.3 Å². The van der Waals surface area contributed by atoms with Crippen molar-refractivity contribution < 1.29 is 23.8 Å². The van der Waals surface area contributed by atoms with Crippen LogP contribution in [0, 0.1) is 11.3 Å². The lowest BCUT2D eigenvalue weighted by Gasteiger charge is -2.29. The number of hydrogen-bond donors (Lipinski definition) is 0. The molecule has 31 heavy (non-hydrogen) atoms. The quantitative estimate of drug-likeness (QED) is 0.617. The first-order chi connectivity index (χ1) is 15.1. The van der Waals surface area contributed by atoms with Gasteiger partial charge in [-0.1, -0.05) is 60.7 Å². The molecule has 2 aromatic rings. The normalized spacial score (nSPS) is 15.7. The Morgan fingerprint density at radius 1 is 0.968 bits per heavy atom. The minimum Gasteiger partial charge on any atom is -0.466 e. The van der Waals surface area contributed by atoms with E-state index in [2.05, 4.69) is 6.07 Å². The summed E-state index contributed by atoms with van der Waals surface area (Å²) >= 11 is 0. The molecule has 1 aliphatic heterocycles. The zero-order chi connectivity index (χ0) is 22.2. The number of allylic oxidation sites excluding steroid dienone is 1. The second kappa shape index (κ2) is 10.3. The lowest BCUT2D eigenvalue weighted by Crippen LogP contribution is -2.25. The predicted molar refractivity (Wildman–Crippen MR) is 114 cm³/mol. The first-order valence-electron chi connectivity index (χ1n) is 10.1. The standard InChI is InChI=1S/C25H23NO5/c1-3-29-21(27)15-20-23(25(28)30-4-2)22(17-11-7-5-8-12-17)19(16-26)24(31-20)18-13-9-6-10-14-18/h5-14,22H,3-4,15H2,1-2H3/t22-/m0/s1. The van der Waals surface area contributed by atoms with Crippen molar-refractivity contribution in [3.05, 3.63) is 88.7 Å². The van der Waals surface area contributed by atoms with Gasteiger partial charge in [0, 0.05) is 5.56 Å². The highest BCUT2D eigenvalue weighted by molar-refractivity contribution is 5.95. The third-order valence-corrected chi connectivity index (χ3v) is 4.74. The molecule has 6 nitrogen and oxygen atoms in total. The van der Waals surface area contributed by atoms with E-state index >= 15 is 0 Å². The zero-order valence-corrected chi connectivity index (χ0v) is 17.5. The number of ether oxygens (including phenoxy) is 3. The van der Waals surface area contributed by atoms with Crippen LogP contribution in [0.25, 0.3) is 5.76 Å². The molecule has 0 saturated carbocycles. The Hall–Kier alpha value is -3.85. The van der Waals surface area contributed by atoms with Crippen LogP contribution in [0.3, 0.4) is 0 Å². The smallest absolute Gasteiger partial charge is 0.338 e. The molecule has 2 aromatic carbocycles. The monoisotopic (exact) mass is 417 g/mol. The third-order valence-electron chi connectivity index (χ3n) is 4.74. The Labute approximate surface area is 181 Å². The summed E-state index contributed by atoms with van der Waals surface area (Å²) in [5, 5.41) is 10.1. The summed E-state index contributed by atoms with van der Waals surface area (Å²) in [6.45, 7) is 3.75. The van der Waals surface area contributed by atoms with Crippen LogP contribution >= 0.6 is 0 Å². The van der Waals surface area contributed by atoms with Gasteiger partial charge in [-0.2, -0.15) is 5.26 Å². The summed E-state index contributed by atoms with van der Waals surface area (Å²) in [5.74, 6) is -1.46. The molecular formula is C25H23NO5. The number of carbonyl (C=O) groups is 2. The molecule has 158 valence electrons. The number of benzene rings is 2. The average molecular weight is 417 g/mol. The molecule has 0 spiro atoms. The predicted octanol–water partition coefficient (Wildman–Crippen LogP) is 4.51. The molecule has 3 rings (SSSR count). The molecule has 0 radical (unpaired) electrons. The van der Waals surface area contributed by atoms with E-state index < -0.39 is 17.9 Å². The molecule has 0 aromatic heterocycles. The molecule has 6 heteroatoms. The highest BCUT2D eigenvalue weighted by Crippen LogP contribution is 2.44. The minimum absolute atomic E-state index is 0.128. The molecule has 0 amide bonds. The fourth-order valence-electron chi connectivity index (χ4n) is 3.48. The lowest BCUT2D eigenvalue weighted by atomic mass is 9.81. The maximum atomic E-state index is 13.0. The summed E-state index contributed by atoms with van der Waals surface area (Å²) in [4.78, 5) is 25.3. The molecular weight excluding hydrogens is 394 g/mol. The Morgan fingerprint density at radius 2 is 1.58 bits per heavy atom. The number of esters is 2. The summed E-state index contributed by atoms with van der Waals surface area (Å²) in [6.07, 6.45) is -0.250. The number of rotatable bonds is 7. The second-order valence-corrected chi connectivity index (χ2v) is 6.71. The number of nitrogens with zero attached hydrogens (tertiary/aromatic N) is 1. The molecule has 1 aliphatic rings. The molecule has 1 heterocycles. The number of carbonyl (C=O) groups excluding carboxylic acids is 2. The Kier molecular flexibility index (Phi) is 7.23. The van der Waals surface area contributed by atoms with Crippen molar-refractivity contribution in [2.45, 2.75) is 26.2 Å². The van der Waals surface area contributed by atoms with Crippen LogP contribution < -0.4 is 0 Å². The average Bonchev–Trinajstić information content (AvgIpc) is 2.79. The third kappa shape index (κ3) is 4.84. The van der Waals surface area contributed by atoms with Crippen molar-refractivity contribution in [3.8, 4) is 6.07 Å².